The van der Waals surface area contributed by atoms with Gasteiger partial charge in [0.05, 0.1) is 12.0 Å². The fourth-order valence-corrected chi connectivity index (χ4v) is 5.41. The normalized spacial score (nSPS) is 14.3. The van der Waals surface area contributed by atoms with E-state index in [-0.39, 0.29) is 10.5 Å². The molecule has 1 fully saturated rings. The lowest BCUT2D eigenvalue weighted by Crippen LogP contribution is -2.47. The molecular weight excluding hydrogens is 526 g/mol. The Hall–Kier alpha value is -3.27. The van der Waals surface area contributed by atoms with Crippen molar-refractivity contribution >= 4 is 33.2 Å². The van der Waals surface area contributed by atoms with Gasteiger partial charge in [-0.1, -0.05) is 11.6 Å². The third kappa shape index (κ3) is 6.78. The Balaban J connectivity index is 1.25. The molecule has 3 aromatic carbocycles. The number of nitrogens with zero attached hydrogens (tertiary/aromatic N) is 2. The highest BCUT2D eigenvalue weighted by Gasteiger charge is 2.20. The summed E-state index contributed by atoms with van der Waals surface area (Å²) in [5, 5.41) is 0.778. The van der Waals surface area contributed by atoms with Crippen LogP contribution in [0.2, 0.25) is 5.02 Å². The van der Waals surface area contributed by atoms with E-state index in [9.17, 15) is 13.2 Å². The maximum absolute atomic E-state index is 12.6. The largest absolute Gasteiger partial charge is 0.497 e. The first-order valence-electron chi connectivity index (χ1n) is 12.3. The molecule has 4 rings (SSSR count). The first kappa shape index (κ1) is 27.8. The van der Waals surface area contributed by atoms with Gasteiger partial charge in [0, 0.05) is 49.0 Å². The molecular formula is C28H32ClN3O5S. The molecule has 1 aliphatic heterocycles. The van der Waals surface area contributed by atoms with Gasteiger partial charge in [-0.2, -0.15) is 0 Å². The van der Waals surface area contributed by atoms with E-state index in [1.54, 1.807) is 12.1 Å². The fraction of sp³-hybridized carbons (Fsp3) is 0.321. The van der Waals surface area contributed by atoms with Gasteiger partial charge in [0.2, 0.25) is 0 Å². The lowest BCUT2D eigenvalue weighted by molar-refractivity contribution is 0.0981. The minimum Gasteiger partial charge on any atom is -0.497 e. The van der Waals surface area contributed by atoms with Gasteiger partial charge in [-0.25, -0.2) is 13.1 Å². The Morgan fingerprint density at radius 1 is 0.921 bits per heavy atom. The second-order valence-electron chi connectivity index (χ2n) is 9.21. The summed E-state index contributed by atoms with van der Waals surface area (Å²) < 4.78 is 38.2. The standard InChI is InChI=1S/C28H32ClN3O5S/c1-20-18-25(19-21(2)27(20)29)37-17-16-31-12-14-32(15-13-31)23-6-4-22(5-7-23)28(33)30-38(34,35)26-10-8-24(36-3)9-11-26/h4-11,18-19H,12-17H2,1-3H3,(H,30,33). The van der Waals surface area contributed by atoms with Crippen LogP contribution < -0.4 is 19.1 Å². The fourth-order valence-electron chi connectivity index (χ4n) is 4.33. The van der Waals surface area contributed by atoms with E-state index in [0.717, 1.165) is 60.3 Å². The maximum atomic E-state index is 12.6. The van der Waals surface area contributed by atoms with Crippen LogP contribution in [0, 0.1) is 13.8 Å². The predicted molar refractivity (Wildman–Crippen MR) is 149 cm³/mol. The summed E-state index contributed by atoms with van der Waals surface area (Å²) in [6, 6.07) is 16.7. The van der Waals surface area contributed by atoms with Crippen molar-refractivity contribution in [1.29, 1.82) is 0 Å². The number of carbonyl (C=O) groups excluding carboxylic acids is 1. The highest BCUT2D eigenvalue weighted by Crippen LogP contribution is 2.26. The van der Waals surface area contributed by atoms with Gasteiger partial charge >= 0.3 is 0 Å². The zero-order chi connectivity index (χ0) is 27.3. The van der Waals surface area contributed by atoms with Crippen molar-refractivity contribution < 1.29 is 22.7 Å². The summed E-state index contributed by atoms with van der Waals surface area (Å²) in [6.45, 7) is 8.86. The van der Waals surface area contributed by atoms with Crippen LogP contribution in [0.5, 0.6) is 11.5 Å². The number of methoxy groups -OCH3 is 1. The molecule has 0 aliphatic carbocycles. The van der Waals surface area contributed by atoms with Crippen molar-refractivity contribution in [1.82, 2.24) is 9.62 Å². The smallest absolute Gasteiger partial charge is 0.264 e. The second kappa shape index (κ2) is 12.1. The molecule has 1 N–H and O–H groups in total. The first-order valence-corrected chi connectivity index (χ1v) is 14.2. The second-order valence-corrected chi connectivity index (χ2v) is 11.3. The molecule has 1 amide bonds. The molecule has 8 nitrogen and oxygen atoms in total. The SMILES string of the molecule is COc1ccc(S(=O)(=O)NC(=O)c2ccc(N3CCN(CCOc4cc(C)c(Cl)c(C)c4)CC3)cc2)cc1. The van der Waals surface area contributed by atoms with Gasteiger partial charge in [0.1, 0.15) is 18.1 Å². The highest BCUT2D eigenvalue weighted by atomic mass is 35.5. The summed E-state index contributed by atoms with van der Waals surface area (Å²) >= 11 is 6.23. The van der Waals surface area contributed by atoms with Crippen LogP contribution in [-0.2, 0) is 10.0 Å². The van der Waals surface area contributed by atoms with Crippen LogP contribution in [0.4, 0.5) is 5.69 Å². The van der Waals surface area contributed by atoms with Crippen molar-refractivity contribution in [2.45, 2.75) is 18.7 Å². The lowest BCUT2D eigenvalue weighted by atomic mass is 10.1. The monoisotopic (exact) mass is 557 g/mol. The number of aryl methyl sites for hydroxylation is 2. The zero-order valence-electron chi connectivity index (χ0n) is 21.7. The minimum atomic E-state index is -3.99. The molecule has 0 atom stereocenters. The number of sulfonamides is 1. The van der Waals surface area contributed by atoms with Crippen LogP contribution in [0.15, 0.2) is 65.6 Å². The quantitative estimate of drug-likeness (QED) is 0.420. The number of halogens is 1. The van der Waals surface area contributed by atoms with Crippen molar-refractivity contribution in [3.63, 3.8) is 0 Å². The molecule has 1 aliphatic rings. The Bertz CT molecular complexity index is 1350. The van der Waals surface area contributed by atoms with Crippen LogP contribution in [0.1, 0.15) is 21.5 Å². The summed E-state index contributed by atoms with van der Waals surface area (Å²) in [7, 11) is -2.49. The Morgan fingerprint density at radius 2 is 1.53 bits per heavy atom. The molecule has 3 aromatic rings. The average Bonchev–Trinajstić information content (AvgIpc) is 2.92. The van der Waals surface area contributed by atoms with Gasteiger partial charge < -0.3 is 14.4 Å². The molecule has 0 aromatic heterocycles. The summed E-state index contributed by atoms with van der Waals surface area (Å²) in [4.78, 5) is 17.2. The van der Waals surface area contributed by atoms with Crippen LogP contribution in [-0.4, -0.2) is 65.7 Å². The number of anilines is 1. The van der Waals surface area contributed by atoms with E-state index in [0.29, 0.717) is 12.4 Å². The Kier molecular flexibility index (Phi) is 8.81. The van der Waals surface area contributed by atoms with Gasteiger partial charge in [0.15, 0.2) is 0 Å². The summed E-state index contributed by atoms with van der Waals surface area (Å²) in [5.74, 6) is 0.690. The Morgan fingerprint density at radius 3 is 2.11 bits per heavy atom. The van der Waals surface area contributed by atoms with E-state index in [1.807, 2.05) is 38.1 Å². The number of amides is 1. The molecule has 1 heterocycles. The number of piperazine rings is 1. The number of nitrogens with one attached hydrogen (secondary N) is 1. The van der Waals surface area contributed by atoms with Crippen molar-refractivity contribution in [3.05, 3.63) is 82.4 Å². The molecule has 202 valence electrons. The average molecular weight is 558 g/mol. The van der Waals surface area contributed by atoms with E-state index < -0.39 is 15.9 Å². The summed E-state index contributed by atoms with van der Waals surface area (Å²) in [6.07, 6.45) is 0. The maximum Gasteiger partial charge on any atom is 0.264 e. The van der Waals surface area contributed by atoms with Crippen LogP contribution in [0.25, 0.3) is 0 Å². The summed E-state index contributed by atoms with van der Waals surface area (Å²) in [5.41, 5.74) is 3.28. The molecule has 1 saturated heterocycles. The number of carbonyl (C=O) groups is 1. The molecule has 38 heavy (non-hydrogen) atoms. The predicted octanol–water partition coefficient (Wildman–Crippen LogP) is 4.29. The molecule has 0 saturated carbocycles. The van der Waals surface area contributed by atoms with Crippen molar-refractivity contribution in [3.8, 4) is 11.5 Å². The third-order valence-electron chi connectivity index (χ3n) is 6.55. The van der Waals surface area contributed by atoms with Crippen molar-refractivity contribution in [2.24, 2.45) is 0 Å². The molecule has 0 spiro atoms. The zero-order valence-corrected chi connectivity index (χ0v) is 23.3. The van der Waals surface area contributed by atoms with E-state index in [1.165, 1.54) is 31.4 Å². The number of rotatable bonds is 9. The van der Waals surface area contributed by atoms with E-state index in [4.69, 9.17) is 21.1 Å². The molecule has 0 bridgehead atoms. The number of benzene rings is 3. The molecule has 0 unspecified atom stereocenters. The minimum absolute atomic E-state index is 0.00932. The van der Waals surface area contributed by atoms with Gasteiger partial charge in [-0.05, 0) is 85.6 Å². The molecule has 0 radical (unpaired) electrons. The number of hydrogen-bond acceptors (Lipinski definition) is 7. The lowest BCUT2D eigenvalue weighted by Gasteiger charge is -2.36. The third-order valence-corrected chi connectivity index (χ3v) is 8.49. The highest BCUT2D eigenvalue weighted by molar-refractivity contribution is 7.90. The van der Waals surface area contributed by atoms with Crippen molar-refractivity contribution in [2.75, 3.05) is 51.3 Å². The van der Waals surface area contributed by atoms with E-state index in [2.05, 4.69) is 14.5 Å². The van der Waals surface area contributed by atoms with Crippen LogP contribution >= 0.6 is 11.6 Å². The van der Waals surface area contributed by atoms with Gasteiger partial charge in [-0.3, -0.25) is 9.69 Å². The van der Waals surface area contributed by atoms with E-state index >= 15 is 0 Å². The van der Waals surface area contributed by atoms with Crippen LogP contribution in [0.3, 0.4) is 0 Å². The molecule has 10 heteroatoms. The van der Waals surface area contributed by atoms with Gasteiger partial charge in [0.25, 0.3) is 15.9 Å². The first-order chi connectivity index (χ1) is 18.2. The number of ether oxygens (including phenoxy) is 2. The Labute approximate surface area is 229 Å². The topological polar surface area (TPSA) is 88.2 Å². The van der Waals surface area contributed by atoms with Gasteiger partial charge in [-0.15, -0.1) is 0 Å². The number of hydrogen-bond donors (Lipinski definition) is 1.